The number of rotatable bonds is 3. The number of anilines is 1. The summed E-state index contributed by atoms with van der Waals surface area (Å²) in [6.45, 7) is 1.63. The van der Waals surface area contributed by atoms with Crippen LogP contribution in [0.5, 0.6) is 0 Å². The molecular formula is C12H16N3O3S-. The Labute approximate surface area is 114 Å². The summed E-state index contributed by atoms with van der Waals surface area (Å²) >= 11 is -2.32. The van der Waals surface area contributed by atoms with Crippen molar-refractivity contribution in [1.29, 1.82) is 0 Å². The third-order valence-electron chi connectivity index (χ3n) is 3.10. The van der Waals surface area contributed by atoms with Crippen molar-refractivity contribution in [3.8, 4) is 0 Å². The number of nitrogens with one attached hydrogen (secondary N) is 1. The Morgan fingerprint density at radius 3 is 2.68 bits per heavy atom. The number of nitrogens with two attached hydrogens (primary N) is 1. The van der Waals surface area contributed by atoms with Gasteiger partial charge in [0.2, 0.25) is 0 Å². The van der Waals surface area contributed by atoms with Crippen LogP contribution in [0.3, 0.4) is 0 Å². The molecule has 1 aliphatic heterocycles. The Morgan fingerprint density at radius 2 is 2.11 bits per heavy atom. The van der Waals surface area contributed by atoms with Gasteiger partial charge in [0, 0.05) is 30.2 Å². The quantitative estimate of drug-likeness (QED) is 0.808. The molecule has 2 rings (SSSR count). The number of benzene rings is 1. The van der Waals surface area contributed by atoms with E-state index in [9.17, 15) is 13.6 Å². The monoisotopic (exact) mass is 282 g/mol. The molecule has 0 bridgehead atoms. The molecule has 1 heterocycles. The van der Waals surface area contributed by atoms with Crippen LogP contribution in [0.2, 0.25) is 0 Å². The van der Waals surface area contributed by atoms with E-state index in [-0.39, 0.29) is 17.5 Å². The Bertz CT molecular complexity index is 501. The van der Waals surface area contributed by atoms with Gasteiger partial charge in [-0.2, -0.15) is 0 Å². The summed E-state index contributed by atoms with van der Waals surface area (Å²) in [6.07, 6.45) is 2.05. The summed E-state index contributed by atoms with van der Waals surface area (Å²) in [6, 6.07) is 4.46. The highest BCUT2D eigenvalue weighted by molar-refractivity contribution is 7.79. The number of nitrogens with zero attached hydrogens (tertiary/aromatic N) is 1. The first kappa shape index (κ1) is 14.0. The van der Waals surface area contributed by atoms with Crippen LogP contribution in [0, 0.1) is 0 Å². The Hall–Kier alpha value is -1.44. The SMILES string of the molecule is NCc1cc(NC(=O)N2CCCC2)ccc1S(=O)[O-]. The lowest BCUT2D eigenvalue weighted by atomic mass is 10.2. The van der Waals surface area contributed by atoms with Crippen LogP contribution in [0.25, 0.3) is 0 Å². The molecule has 1 unspecified atom stereocenters. The number of hydrogen-bond donors (Lipinski definition) is 2. The molecule has 2 amide bonds. The van der Waals surface area contributed by atoms with Crippen molar-refractivity contribution in [2.45, 2.75) is 24.3 Å². The van der Waals surface area contributed by atoms with Crippen LogP contribution < -0.4 is 11.1 Å². The van der Waals surface area contributed by atoms with E-state index >= 15 is 0 Å². The molecule has 1 atom stereocenters. The maximum absolute atomic E-state index is 11.9. The third kappa shape index (κ3) is 3.31. The van der Waals surface area contributed by atoms with Gasteiger partial charge >= 0.3 is 6.03 Å². The maximum atomic E-state index is 11.9. The summed E-state index contributed by atoms with van der Waals surface area (Å²) in [5.41, 5.74) is 6.57. The molecule has 1 fully saturated rings. The molecule has 1 aromatic carbocycles. The van der Waals surface area contributed by atoms with E-state index in [1.54, 1.807) is 17.0 Å². The summed E-state index contributed by atoms with van der Waals surface area (Å²) in [5.74, 6) is 0. The van der Waals surface area contributed by atoms with E-state index in [0.29, 0.717) is 11.3 Å². The molecule has 0 aliphatic carbocycles. The topological polar surface area (TPSA) is 98.5 Å². The summed E-state index contributed by atoms with van der Waals surface area (Å²) in [5, 5.41) is 2.76. The van der Waals surface area contributed by atoms with Gasteiger partial charge in [-0.25, -0.2) is 4.79 Å². The van der Waals surface area contributed by atoms with Crippen molar-refractivity contribution in [1.82, 2.24) is 4.90 Å². The van der Waals surface area contributed by atoms with Crippen molar-refractivity contribution in [3.05, 3.63) is 23.8 Å². The molecule has 0 radical (unpaired) electrons. The molecule has 3 N–H and O–H groups in total. The van der Waals surface area contributed by atoms with Crippen LogP contribution in [-0.2, 0) is 17.6 Å². The largest absolute Gasteiger partial charge is 0.768 e. The van der Waals surface area contributed by atoms with Crippen molar-refractivity contribution in [2.75, 3.05) is 18.4 Å². The second-order valence-corrected chi connectivity index (χ2v) is 5.29. The van der Waals surface area contributed by atoms with Gasteiger partial charge in [-0.15, -0.1) is 0 Å². The number of amides is 2. The number of likely N-dealkylation sites (tertiary alicyclic amines) is 1. The molecular weight excluding hydrogens is 266 g/mol. The van der Waals surface area contributed by atoms with E-state index in [0.717, 1.165) is 25.9 Å². The van der Waals surface area contributed by atoms with E-state index in [1.807, 2.05) is 0 Å². The first-order chi connectivity index (χ1) is 9.11. The number of carbonyl (C=O) groups excluding carboxylic acids is 1. The zero-order valence-electron chi connectivity index (χ0n) is 10.4. The van der Waals surface area contributed by atoms with Gasteiger partial charge in [0.25, 0.3) is 0 Å². The average Bonchev–Trinajstić information content (AvgIpc) is 2.92. The lowest BCUT2D eigenvalue weighted by molar-refractivity contribution is 0.222. The molecule has 104 valence electrons. The Kier molecular flexibility index (Phi) is 4.52. The van der Waals surface area contributed by atoms with E-state index in [1.165, 1.54) is 6.07 Å². The second kappa shape index (κ2) is 6.14. The van der Waals surface area contributed by atoms with Crippen molar-refractivity contribution in [2.24, 2.45) is 5.73 Å². The molecule has 7 heteroatoms. The average molecular weight is 282 g/mol. The normalized spacial score (nSPS) is 16.4. The van der Waals surface area contributed by atoms with Crippen LogP contribution in [0.1, 0.15) is 18.4 Å². The van der Waals surface area contributed by atoms with Crippen LogP contribution in [0.4, 0.5) is 10.5 Å². The Balaban J connectivity index is 2.12. The fourth-order valence-electron chi connectivity index (χ4n) is 2.10. The molecule has 0 aromatic heterocycles. The van der Waals surface area contributed by atoms with Crippen LogP contribution in [0.15, 0.2) is 23.1 Å². The summed E-state index contributed by atoms with van der Waals surface area (Å²) in [7, 11) is 0. The molecule has 0 spiro atoms. The predicted octanol–water partition coefficient (Wildman–Crippen LogP) is 1.01. The first-order valence-corrected chi connectivity index (χ1v) is 7.17. The minimum atomic E-state index is -2.32. The highest BCUT2D eigenvalue weighted by Crippen LogP contribution is 2.19. The Morgan fingerprint density at radius 1 is 1.42 bits per heavy atom. The van der Waals surface area contributed by atoms with Crippen molar-refractivity contribution >= 4 is 22.8 Å². The maximum Gasteiger partial charge on any atom is 0.321 e. The van der Waals surface area contributed by atoms with Gasteiger partial charge in [-0.3, -0.25) is 4.21 Å². The van der Waals surface area contributed by atoms with Crippen LogP contribution >= 0.6 is 0 Å². The number of hydrogen-bond acceptors (Lipinski definition) is 4. The predicted molar refractivity (Wildman–Crippen MR) is 71.3 cm³/mol. The standard InChI is InChI=1S/C12H17N3O3S/c13-8-9-7-10(3-4-11(9)19(17)18)14-12(16)15-5-1-2-6-15/h3-4,7H,1-2,5-6,8,13H2,(H,14,16)(H,17,18)/p-1. The fourth-order valence-corrected chi connectivity index (χ4v) is 2.64. The molecule has 0 saturated carbocycles. The van der Waals surface area contributed by atoms with Crippen molar-refractivity contribution < 1.29 is 13.6 Å². The van der Waals surface area contributed by atoms with Gasteiger partial charge in [-0.1, -0.05) is 0 Å². The number of carbonyl (C=O) groups is 1. The highest BCUT2D eigenvalue weighted by atomic mass is 32.2. The molecule has 1 aliphatic rings. The van der Waals surface area contributed by atoms with E-state index < -0.39 is 11.1 Å². The third-order valence-corrected chi connectivity index (χ3v) is 3.86. The van der Waals surface area contributed by atoms with Gasteiger partial charge < -0.3 is 20.5 Å². The van der Waals surface area contributed by atoms with Gasteiger partial charge in [0.1, 0.15) is 0 Å². The zero-order valence-corrected chi connectivity index (χ0v) is 11.2. The summed E-state index contributed by atoms with van der Waals surface area (Å²) in [4.78, 5) is 13.8. The van der Waals surface area contributed by atoms with Gasteiger partial charge in [0.05, 0.1) is 0 Å². The summed E-state index contributed by atoms with van der Waals surface area (Å²) < 4.78 is 21.9. The van der Waals surface area contributed by atoms with Crippen LogP contribution in [-0.4, -0.2) is 32.8 Å². The number of urea groups is 1. The van der Waals surface area contributed by atoms with E-state index in [2.05, 4.69) is 5.32 Å². The lowest BCUT2D eigenvalue weighted by Crippen LogP contribution is -2.32. The van der Waals surface area contributed by atoms with Gasteiger partial charge in [0.15, 0.2) is 0 Å². The first-order valence-electron chi connectivity index (χ1n) is 6.10. The second-order valence-electron chi connectivity index (χ2n) is 4.39. The molecule has 6 nitrogen and oxygen atoms in total. The minimum absolute atomic E-state index is 0.108. The molecule has 1 saturated heterocycles. The van der Waals surface area contributed by atoms with Gasteiger partial charge in [-0.05, 0) is 47.7 Å². The highest BCUT2D eigenvalue weighted by Gasteiger charge is 2.17. The minimum Gasteiger partial charge on any atom is -0.768 e. The smallest absolute Gasteiger partial charge is 0.321 e. The van der Waals surface area contributed by atoms with E-state index in [4.69, 9.17) is 5.73 Å². The molecule has 19 heavy (non-hydrogen) atoms. The molecule has 1 aromatic rings. The lowest BCUT2D eigenvalue weighted by Gasteiger charge is -2.17. The van der Waals surface area contributed by atoms with Crippen molar-refractivity contribution in [3.63, 3.8) is 0 Å². The fraction of sp³-hybridized carbons (Fsp3) is 0.417. The zero-order chi connectivity index (χ0) is 13.8.